The van der Waals surface area contributed by atoms with Crippen LogP contribution in [0.15, 0.2) is 24.3 Å². The minimum absolute atomic E-state index is 0.00763. The predicted molar refractivity (Wildman–Crippen MR) is 130 cm³/mol. The van der Waals surface area contributed by atoms with E-state index in [-0.39, 0.29) is 31.0 Å². The lowest BCUT2D eigenvalue weighted by Gasteiger charge is -2.39. The molecule has 35 heavy (non-hydrogen) atoms. The Morgan fingerprint density at radius 1 is 1.11 bits per heavy atom. The van der Waals surface area contributed by atoms with Crippen molar-refractivity contribution in [3.05, 3.63) is 24.3 Å². The highest BCUT2D eigenvalue weighted by Gasteiger charge is 2.75. The Balaban J connectivity index is 1.85. The van der Waals surface area contributed by atoms with E-state index in [0.717, 1.165) is 32.1 Å². The summed E-state index contributed by atoms with van der Waals surface area (Å²) in [6.07, 6.45) is 12.9. The minimum atomic E-state index is -1.26. The Labute approximate surface area is 208 Å². The monoisotopic (exact) mass is 488 g/mol. The predicted octanol–water partition coefficient (Wildman–Crippen LogP) is 2.60. The number of likely N-dealkylation sites (tertiary alicyclic amines) is 1. The van der Waals surface area contributed by atoms with Gasteiger partial charge in [-0.05, 0) is 45.4 Å². The normalized spacial score (nSPS) is 36.8. The van der Waals surface area contributed by atoms with Crippen LogP contribution < -0.4 is 0 Å². The Morgan fingerprint density at radius 3 is 2.63 bits per heavy atom. The lowest BCUT2D eigenvalue weighted by atomic mass is 9.73. The van der Waals surface area contributed by atoms with Crippen molar-refractivity contribution in [3.63, 3.8) is 0 Å². The molecule has 0 saturated carbocycles. The molecule has 0 aliphatic carbocycles. The average Bonchev–Trinajstić information content (AvgIpc) is 3.19. The van der Waals surface area contributed by atoms with E-state index in [9.17, 15) is 19.5 Å². The van der Waals surface area contributed by atoms with Gasteiger partial charge in [0.2, 0.25) is 11.8 Å². The summed E-state index contributed by atoms with van der Waals surface area (Å²) < 4.78 is 12.6. The van der Waals surface area contributed by atoms with E-state index in [0.29, 0.717) is 26.0 Å². The number of esters is 1. The van der Waals surface area contributed by atoms with Gasteiger partial charge in [0.1, 0.15) is 23.2 Å². The number of aliphatic hydroxyl groups is 1. The van der Waals surface area contributed by atoms with E-state index in [1.54, 1.807) is 4.90 Å². The van der Waals surface area contributed by atoms with Crippen molar-refractivity contribution in [1.82, 2.24) is 9.80 Å². The van der Waals surface area contributed by atoms with Crippen LogP contribution in [-0.4, -0.2) is 82.3 Å². The van der Waals surface area contributed by atoms with E-state index in [1.165, 1.54) is 0 Å². The Bertz CT molecular complexity index is 887. The molecule has 4 heterocycles. The van der Waals surface area contributed by atoms with Gasteiger partial charge in [-0.25, -0.2) is 0 Å². The topological polar surface area (TPSA) is 96.4 Å². The molecule has 1 N–H and O–H groups in total. The molecule has 0 aromatic carbocycles. The summed E-state index contributed by atoms with van der Waals surface area (Å²) in [5, 5.41) is 9.51. The molecular formula is C27H40N2O6. The third kappa shape index (κ3) is 4.22. The second kappa shape index (κ2) is 10.4. The number of carbonyl (C=O) groups is 3. The first-order chi connectivity index (χ1) is 16.9. The summed E-state index contributed by atoms with van der Waals surface area (Å²) >= 11 is 0. The molecule has 2 fully saturated rings. The second-order valence-electron chi connectivity index (χ2n) is 10.3. The van der Waals surface area contributed by atoms with Gasteiger partial charge in [0, 0.05) is 25.7 Å². The number of fused-ring (bicyclic) bond motifs is 2. The summed E-state index contributed by atoms with van der Waals surface area (Å²) in [4.78, 5) is 45.1. The van der Waals surface area contributed by atoms with Gasteiger partial charge in [0.15, 0.2) is 0 Å². The zero-order chi connectivity index (χ0) is 25.2. The van der Waals surface area contributed by atoms with Crippen molar-refractivity contribution >= 4 is 17.8 Å². The number of amides is 2. The molecule has 2 saturated heterocycles. The number of ether oxygens (including phenoxy) is 2. The van der Waals surface area contributed by atoms with Crippen molar-refractivity contribution < 1.29 is 29.0 Å². The first kappa shape index (κ1) is 25.9. The van der Waals surface area contributed by atoms with Crippen LogP contribution in [0.5, 0.6) is 0 Å². The van der Waals surface area contributed by atoms with E-state index in [1.807, 2.05) is 43.1 Å². The van der Waals surface area contributed by atoms with Crippen LogP contribution in [-0.2, 0) is 23.9 Å². The highest BCUT2D eigenvalue weighted by atomic mass is 16.6. The van der Waals surface area contributed by atoms with Crippen molar-refractivity contribution in [2.24, 2.45) is 11.8 Å². The Hall–Kier alpha value is -2.19. The molecule has 0 aromatic rings. The third-order valence-electron chi connectivity index (χ3n) is 8.21. The standard InChI is InChI=1S/C27H40N2O6/c1-4-12-19(3)28-15-10-14-27-20(23(31)29(16-11-17-30)22(27)24(28)32)21-25(33)34-18-9-7-6-8-13-26(21,5-2)35-27/h8,10,13-14,19-22,30H,4-7,9,11-12,15-18H2,1-3H3/b13-8-/t19?,20-,21+,22?,26-,27-/m0/s1. The maximum atomic E-state index is 14.1. The van der Waals surface area contributed by atoms with Crippen LogP contribution in [0, 0.1) is 11.8 Å². The van der Waals surface area contributed by atoms with Gasteiger partial charge >= 0.3 is 5.97 Å². The maximum Gasteiger partial charge on any atom is 0.313 e. The number of rotatable bonds is 7. The molecule has 8 nitrogen and oxygen atoms in total. The molecule has 1 spiro atoms. The zero-order valence-electron chi connectivity index (χ0n) is 21.3. The van der Waals surface area contributed by atoms with Gasteiger partial charge in [0.25, 0.3) is 0 Å². The highest BCUT2D eigenvalue weighted by molar-refractivity contribution is 5.99. The third-order valence-corrected chi connectivity index (χ3v) is 8.21. The number of carbonyl (C=O) groups excluding carboxylic acids is 3. The van der Waals surface area contributed by atoms with Crippen LogP contribution in [0.25, 0.3) is 0 Å². The molecule has 0 aromatic heterocycles. The van der Waals surface area contributed by atoms with E-state index >= 15 is 0 Å². The lowest BCUT2D eigenvalue weighted by molar-refractivity contribution is -0.162. The van der Waals surface area contributed by atoms with Crippen LogP contribution in [0.1, 0.15) is 65.7 Å². The largest absolute Gasteiger partial charge is 0.465 e. The fraction of sp³-hybridized carbons (Fsp3) is 0.741. The molecule has 4 rings (SSSR count). The fourth-order valence-corrected chi connectivity index (χ4v) is 6.51. The number of aliphatic hydroxyl groups excluding tert-OH is 1. The van der Waals surface area contributed by atoms with Gasteiger partial charge in [-0.2, -0.15) is 0 Å². The highest BCUT2D eigenvalue weighted by Crippen LogP contribution is 2.58. The average molecular weight is 489 g/mol. The van der Waals surface area contributed by atoms with Crippen LogP contribution >= 0.6 is 0 Å². The second-order valence-corrected chi connectivity index (χ2v) is 10.3. The molecular weight excluding hydrogens is 448 g/mol. The van der Waals surface area contributed by atoms with Crippen molar-refractivity contribution in [2.75, 3.05) is 26.3 Å². The summed E-state index contributed by atoms with van der Waals surface area (Å²) in [7, 11) is 0. The number of cyclic esters (lactones) is 1. The molecule has 0 bridgehead atoms. The first-order valence-electron chi connectivity index (χ1n) is 13.3. The van der Waals surface area contributed by atoms with Gasteiger partial charge in [-0.1, -0.05) is 44.6 Å². The maximum absolute atomic E-state index is 14.1. The van der Waals surface area contributed by atoms with Gasteiger partial charge in [-0.3, -0.25) is 14.4 Å². The molecule has 4 aliphatic heterocycles. The minimum Gasteiger partial charge on any atom is -0.465 e. The molecule has 8 heteroatoms. The van der Waals surface area contributed by atoms with Crippen molar-refractivity contribution in [1.29, 1.82) is 0 Å². The summed E-state index contributed by atoms with van der Waals surface area (Å²) in [5.41, 5.74) is -2.28. The molecule has 194 valence electrons. The van der Waals surface area contributed by atoms with Gasteiger partial charge in [-0.15, -0.1) is 0 Å². The van der Waals surface area contributed by atoms with E-state index in [2.05, 4.69) is 6.92 Å². The summed E-state index contributed by atoms with van der Waals surface area (Å²) in [6, 6.07) is -0.875. The van der Waals surface area contributed by atoms with Crippen LogP contribution in [0.4, 0.5) is 0 Å². The van der Waals surface area contributed by atoms with Crippen LogP contribution in [0.3, 0.4) is 0 Å². The Kier molecular flexibility index (Phi) is 7.71. The van der Waals surface area contributed by atoms with Crippen molar-refractivity contribution in [3.8, 4) is 0 Å². The quantitative estimate of drug-likeness (QED) is 0.437. The smallest absolute Gasteiger partial charge is 0.313 e. The van der Waals surface area contributed by atoms with E-state index in [4.69, 9.17) is 9.47 Å². The number of allylic oxidation sites excluding steroid dienone is 1. The SMILES string of the molecule is CCCC(C)N1CC=C[C@]23O[C@@]4(CC)/C=C\CCCCOC(=O)[C@H]4[C@H]2C(=O)N(CCCO)C3C1=O. The van der Waals surface area contributed by atoms with Gasteiger partial charge < -0.3 is 24.4 Å². The molecule has 6 atom stereocenters. The number of nitrogens with zero attached hydrogens (tertiary/aromatic N) is 2. The fourth-order valence-electron chi connectivity index (χ4n) is 6.51. The summed E-state index contributed by atoms with van der Waals surface area (Å²) in [5.74, 6) is -2.55. The lowest BCUT2D eigenvalue weighted by Crippen LogP contribution is -2.57. The first-order valence-corrected chi connectivity index (χ1v) is 13.3. The molecule has 2 unspecified atom stereocenters. The molecule has 0 radical (unpaired) electrons. The van der Waals surface area contributed by atoms with E-state index < -0.39 is 35.0 Å². The van der Waals surface area contributed by atoms with Crippen LogP contribution in [0.2, 0.25) is 0 Å². The number of hydrogen-bond acceptors (Lipinski definition) is 6. The molecule has 2 amide bonds. The summed E-state index contributed by atoms with van der Waals surface area (Å²) in [6.45, 7) is 6.95. The molecule has 4 aliphatic rings. The number of hydrogen-bond donors (Lipinski definition) is 1. The Morgan fingerprint density at radius 2 is 1.91 bits per heavy atom. The van der Waals surface area contributed by atoms with Crippen molar-refractivity contribution in [2.45, 2.75) is 89.0 Å². The van der Waals surface area contributed by atoms with Gasteiger partial charge in [0.05, 0.1) is 12.5 Å². The zero-order valence-corrected chi connectivity index (χ0v) is 21.3.